The summed E-state index contributed by atoms with van der Waals surface area (Å²) in [6.45, 7) is 1.83. The minimum absolute atomic E-state index is 0.168. The maximum atomic E-state index is 12.9. The van der Waals surface area contributed by atoms with Crippen LogP contribution in [-0.2, 0) is 18.3 Å². The Bertz CT molecular complexity index is 1090. The highest BCUT2D eigenvalue weighted by Gasteiger charge is 2.20. The first kappa shape index (κ1) is 18.6. The van der Waals surface area contributed by atoms with Crippen LogP contribution < -0.4 is 16.0 Å². The van der Waals surface area contributed by atoms with Gasteiger partial charge in [0, 0.05) is 36.0 Å². The summed E-state index contributed by atoms with van der Waals surface area (Å²) >= 11 is 0. The number of fused-ring (bicyclic) bond motifs is 1. The lowest BCUT2D eigenvalue weighted by Crippen LogP contribution is -2.32. The molecule has 2 heterocycles. The van der Waals surface area contributed by atoms with Crippen LogP contribution in [0.3, 0.4) is 0 Å². The molecule has 0 aliphatic heterocycles. The summed E-state index contributed by atoms with van der Waals surface area (Å²) in [7, 11) is 3.23. The minimum atomic E-state index is -1.06. The Morgan fingerprint density at radius 2 is 2.11 bits per heavy atom. The van der Waals surface area contributed by atoms with Gasteiger partial charge in [0.1, 0.15) is 11.8 Å². The van der Waals surface area contributed by atoms with Crippen LogP contribution in [-0.4, -0.2) is 33.8 Å². The fraction of sp³-hybridized carbons (Fsp3) is 0.250. The average Bonchev–Trinajstić information content (AvgIpc) is 2.66. The molecule has 0 saturated carbocycles. The van der Waals surface area contributed by atoms with Crippen molar-refractivity contribution in [3.8, 4) is 16.9 Å². The van der Waals surface area contributed by atoms with Gasteiger partial charge in [-0.15, -0.1) is 0 Å². The molecule has 3 rings (SSSR count). The molecule has 1 unspecified atom stereocenters. The molecule has 7 heteroatoms. The summed E-state index contributed by atoms with van der Waals surface area (Å²) in [6, 6.07) is 7.97. The molecule has 140 valence electrons. The topological polar surface area (TPSA) is 107 Å². The number of aliphatic carboxylic acids is 1. The van der Waals surface area contributed by atoms with Crippen molar-refractivity contribution in [3.63, 3.8) is 0 Å². The van der Waals surface area contributed by atoms with Gasteiger partial charge in [0.2, 0.25) is 0 Å². The van der Waals surface area contributed by atoms with Crippen molar-refractivity contribution in [2.75, 3.05) is 7.11 Å². The van der Waals surface area contributed by atoms with E-state index in [0.717, 1.165) is 16.6 Å². The molecule has 0 aliphatic rings. The van der Waals surface area contributed by atoms with Gasteiger partial charge in [0.25, 0.3) is 5.56 Å². The Kier molecular flexibility index (Phi) is 4.96. The number of ether oxygens (including phenoxy) is 1. The molecule has 0 radical (unpaired) electrons. The maximum absolute atomic E-state index is 12.9. The summed E-state index contributed by atoms with van der Waals surface area (Å²) in [5, 5.41) is 9.87. The largest absolute Gasteiger partial charge is 0.496 e. The molecule has 0 saturated heterocycles. The second kappa shape index (κ2) is 7.20. The van der Waals surface area contributed by atoms with Gasteiger partial charge in [-0.05, 0) is 25.0 Å². The zero-order valence-electron chi connectivity index (χ0n) is 15.4. The van der Waals surface area contributed by atoms with Crippen molar-refractivity contribution in [1.82, 2.24) is 9.55 Å². The van der Waals surface area contributed by atoms with Gasteiger partial charge in [-0.2, -0.15) is 0 Å². The minimum Gasteiger partial charge on any atom is -0.496 e. The standard InChI is InChI=1S/C20H21N3O4/c1-11-9-16(27-3)17(19(24)23(11)2)14-7-6-12(10-15(21)20(25)26)13-5-4-8-22-18(13)14/h4-9,15H,10,21H2,1-3H3,(H,25,26). The van der Waals surface area contributed by atoms with E-state index in [-0.39, 0.29) is 12.0 Å². The quantitative estimate of drug-likeness (QED) is 0.713. The molecule has 0 fully saturated rings. The van der Waals surface area contributed by atoms with Crippen LogP contribution >= 0.6 is 0 Å². The Hall–Kier alpha value is -3.19. The zero-order valence-corrected chi connectivity index (χ0v) is 15.4. The van der Waals surface area contributed by atoms with Gasteiger partial charge < -0.3 is 20.1 Å². The number of benzene rings is 1. The molecule has 0 bridgehead atoms. The van der Waals surface area contributed by atoms with E-state index < -0.39 is 12.0 Å². The van der Waals surface area contributed by atoms with Crippen molar-refractivity contribution in [2.24, 2.45) is 12.8 Å². The molecule has 1 atom stereocenters. The summed E-state index contributed by atoms with van der Waals surface area (Å²) in [4.78, 5) is 28.5. The van der Waals surface area contributed by atoms with Gasteiger partial charge in [0.15, 0.2) is 0 Å². The van der Waals surface area contributed by atoms with Gasteiger partial charge in [-0.3, -0.25) is 14.6 Å². The number of nitrogens with two attached hydrogens (primary N) is 1. The average molecular weight is 367 g/mol. The predicted octanol–water partition coefficient (Wildman–Crippen LogP) is 1.87. The van der Waals surface area contributed by atoms with Gasteiger partial charge in [0.05, 0.1) is 18.2 Å². The highest BCUT2D eigenvalue weighted by Crippen LogP contribution is 2.33. The highest BCUT2D eigenvalue weighted by atomic mass is 16.5. The molecule has 0 aliphatic carbocycles. The SMILES string of the molecule is COc1cc(C)n(C)c(=O)c1-c1ccc(CC(N)C(=O)O)c2cccnc12. The monoisotopic (exact) mass is 367 g/mol. The number of hydrogen-bond donors (Lipinski definition) is 2. The third kappa shape index (κ3) is 3.29. The highest BCUT2D eigenvalue weighted by molar-refractivity contribution is 5.97. The first-order chi connectivity index (χ1) is 12.8. The third-order valence-corrected chi connectivity index (χ3v) is 4.74. The fourth-order valence-electron chi connectivity index (χ4n) is 3.14. The number of methoxy groups -OCH3 is 1. The molecule has 27 heavy (non-hydrogen) atoms. The number of rotatable bonds is 5. The van der Waals surface area contributed by atoms with Crippen molar-refractivity contribution in [1.29, 1.82) is 0 Å². The van der Waals surface area contributed by atoms with Crippen molar-refractivity contribution in [2.45, 2.75) is 19.4 Å². The van der Waals surface area contributed by atoms with Gasteiger partial charge in [-0.25, -0.2) is 0 Å². The molecule has 3 N–H and O–H groups in total. The summed E-state index contributed by atoms with van der Waals surface area (Å²) in [6.07, 6.45) is 1.80. The molecular weight excluding hydrogens is 346 g/mol. The second-order valence-electron chi connectivity index (χ2n) is 6.41. The van der Waals surface area contributed by atoms with Crippen molar-refractivity contribution >= 4 is 16.9 Å². The lowest BCUT2D eigenvalue weighted by Gasteiger charge is -2.16. The Balaban J connectivity index is 2.29. The number of nitrogens with zero attached hydrogens (tertiary/aromatic N) is 2. The molecule has 3 aromatic rings. The van der Waals surface area contributed by atoms with Crippen LogP contribution in [0.5, 0.6) is 5.75 Å². The van der Waals surface area contributed by atoms with E-state index in [9.17, 15) is 9.59 Å². The lowest BCUT2D eigenvalue weighted by atomic mass is 9.95. The van der Waals surface area contributed by atoms with Crippen molar-refractivity contribution < 1.29 is 14.6 Å². The van der Waals surface area contributed by atoms with E-state index in [1.807, 2.05) is 13.0 Å². The summed E-state index contributed by atoms with van der Waals surface area (Å²) in [5.74, 6) is -0.595. The van der Waals surface area contributed by atoms with Crippen molar-refractivity contribution in [3.05, 3.63) is 58.1 Å². The Morgan fingerprint density at radius 1 is 1.37 bits per heavy atom. The van der Waals surface area contributed by atoms with Crippen LogP contribution in [0.25, 0.3) is 22.0 Å². The first-order valence-corrected chi connectivity index (χ1v) is 8.45. The Morgan fingerprint density at radius 3 is 2.78 bits per heavy atom. The molecule has 7 nitrogen and oxygen atoms in total. The molecule has 0 amide bonds. The van der Waals surface area contributed by atoms with Crippen LogP contribution in [0, 0.1) is 6.92 Å². The van der Waals surface area contributed by atoms with E-state index in [1.165, 1.54) is 7.11 Å². The van der Waals surface area contributed by atoms with E-state index in [0.29, 0.717) is 22.4 Å². The van der Waals surface area contributed by atoms with E-state index in [4.69, 9.17) is 15.6 Å². The molecule has 0 spiro atoms. The summed E-state index contributed by atoms with van der Waals surface area (Å²) < 4.78 is 7.01. The molecule has 1 aromatic carbocycles. The number of carboxylic acid groups (broad SMARTS) is 1. The van der Waals surface area contributed by atoms with Crippen LogP contribution in [0.4, 0.5) is 0 Å². The number of hydrogen-bond acceptors (Lipinski definition) is 5. The van der Waals surface area contributed by atoms with Gasteiger partial charge >= 0.3 is 5.97 Å². The maximum Gasteiger partial charge on any atom is 0.320 e. The second-order valence-corrected chi connectivity index (χ2v) is 6.41. The fourth-order valence-corrected chi connectivity index (χ4v) is 3.14. The number of carboxylic acids is 1. The number of aromatic nitrogens is 2. The zero-order chi connectivity index (χ0) is 19.7. The smallest absolute Gasteiger partial charge is 0.320 e. The number of aryl methyl sites for hydroxylation is 1. The van der Waals surface area contributed by atoms with E-state index >= 15 is 0 Å². The van der Waals surface area contributed by atoms with Crippen LogP contribution in [0.1, 0.15) is 11.3 Å². The third-order valence-electron chi connectivity index (χ3n) is 4.74. The first-order valence-electron chi connectivity index (χ1n) is 8.45. The Labute approximate surface area is 156 Å². The van der Waals surface area contributed by atoms with Crippen LogP contribution in [0.2, 0.25) is 0 Å². The lowest BCUT2D eigenvalue weighted by molar-refractivity contribution is -0.138. The normalized spacial score (nSPS) is 12.1. The summed E-state index contributed by atoms with van der Waals surface area (Å²) in [5.41, 5.74) is 8.72. The number of carbonyl (C=O) groups is 1. The predicted molar refractivity (Wildman–Crippen MR) is 103 cm³/mol. The molecular formula is C20H21N3O4. The number of pyridine rings is 2. The van der Waals surface area contributed by atoms with E-state index in [1.54, 1.807) is 42.1 Å². The van der Waals surface area contributed by atoms with Crippen LogP contribution in [0.15, 0.2) is 41.3 Å². The molecule has 2 aromatic heterocycles. The van der Waals surface area contributed by atoms with Gasteiger partial charge in [-0.1, -0.05) is 18.2 Å². The van der Waals surface area contributed by atoms with E-state index in [2.05, 4.69) is 4.98 Å².